The van der Waals surface area contributed by atoms with Gasteiger partial charge in [0.25, 0.3) is 0 Å². The van der Waals surface area contributed by atoms with E-state index in [9.17, 15) is 0 Å². The summed E-state index contributed by atoms with van der Waals surface area (Å²) in [6.07, 6.45) is 5.51. The minimum absolute atomic E-state index is 0.0266. The summed E-state index contributed by atoms with van der Waals surface area (Å²) < 4.78 is 13.9. The van der Waals surface area contributed by atoms with Crippen molar-refractivity contribution in [3.63, 3.8) is 0 Å². The van der Waals surface area contributed by atoms with Crippen LogP contribution in [-0.4, -0.2) is 8.21 Å². The summed E-state index contributed by atoms with van der Waals surface area (Å²) in [6.45, 7) is 0. The van der Waals surface area contributed by atoms with Crippen LogP contribution in [0.15, 0.2) is 64.4 Å². The molecule has 1 heterocycles. The predicted octanol–water partition coefficient (Wildman–Crippen LogP) is 5.60. The summed E-state index contributed by atoms with van der Waals surface area (Å²) in [4.78, 5) is 0. The molecule has 0 bridgehead atoms. The quantitative estimate of drug-likeness (QED) is 0.455. The Balaban J connectivity index is 1.52. The van der Waals surface area contributed by atoms with Crippen molar-refractivity contribution in [3.05, 3.63) is 79.1 Å². The highest BCUT2D eigenvalue weighted by Crippen LogP contribution is 2.31. The first-order chi connectivity index (χ1) is 10.8. The van der Waals surface area contributed by atoms with E-state index in [-0.39, 0.29) is 41.5 Å². The third-order valence-electron chi connectivity index (χ3n) is 3.45. The van der Waals surface area contributed by atoms with Gasteiger partial charge in [-0.05, 0) is 57.7 Å². The van der Waals surface area contributed by atoms with Crippen molar-refractivity contribution < 1.29 is 4.74 Å². The summed E-state index contributed by atoms with van der Waals surface area (Å²) in [5.74, 6) is 0. The fourth-order valence-corrected chi connectivity index (χ4v) is 5.60. The van der Waals surface area contributed by atoms with E-state index in [0.29, 0.717) is 0 Å². The number of ether oxygens (including phenoxy) is 1. The van der Waals surface area contributed by atoms with Gasteiger partial charge in [-0.15, -0.1) is 0 Å². The van der Waals surface area contributed by atoms with Gasteiger partial charge in [-0.2, -0.15) is 0 Å². The Morgan fingerprint density at radius 1 is 0.955 bits per heavy atom. The molecule has 0 N–H and O–H groups in total. The minimum Gasteiger partial charge on any atom is -0.458 e. The van der Waals surface area contributed by atoms with Gasteiger partial charge in [0.2, 0.25) is 0 Å². The third-order valence-corrected chi connectivity index (χ3v) is 7.90. The molecule has 0 saturated carbocycles. The molecule has 114 valence electrons. The van der Waals surface area contributed by atoms with Crippen LogP contribution < -0.4 is 0 Å². The maximum atomic E-state index is 5.78. The van der Waals surface area contributed by atoms with Gasteiger partial charge in [0.05, 0.1) is 0 Å². The van der Waals surface area contributed by atoms with Crippen LogP contribution in [0.2, 0.25) is 0 Å². The lowest BCUT2D eigenvalue weighted by molar-refractivity contribution is 0.486. The number of aryl methyl sites for hydroxylation is 1. The Morgan fingerprint density at radius 3 is 2.45 bits per heavy atom. The lowest BCUT2D eigenvalue weighted by Crippen LogP contribution is -1.95. The molecular weight excluding hydrogens is 498 g/mol. The van der Waals surface area contributed by atoms with Crippen molar-refractivity contribution in [3.8, 4) is 0 Å². The highest BCUT2D eigenvalue weighted by atomic mass is 127. The van der Waals surface area contributed by atoms with Crippen LogP contribution in [0.1, 0.15) is 24.0 Å². The second-order valence-corrected chi connectivity index (χ2v) is 9.94. The first-order valence-corrected chi connectivity index (χ1v) is 12.0. The second-order valence-electron chi connectivity index (χ2n) is 5.03. The Morgan fingerprint density at radius 2 is 1.73 bits per heavy atom. The fraction of sp³-hybridized carbons (Fsp3) is 0.158. The molecule has 2 aromatic carbocycles. The topological polar surface area (TPSA) is 9.23 Å². The fourth-order valence-electron chi connectivity index (χ4n) is 2.27. The summed E-state index contributed by atoms with van der Waals surface area (Å²) >= 11 is -0.134. The number of benzene rings is 2. The zero-order chi connectivity index (χ0) is 15.2. The Kier molecular flexibility index (Phi) is 5.95. The SMILES string of the molecule is C=Ic1ccc(CCCC2=COC(c3ccccc3)=I2)cc1. The lowest BCUT2D eigenvalue weighted by atomic mass is 10.1. The van der Waals surface area contributed by atoms with Gasteiger partial charge in [-0.3, -0.25) is 0 Å². The average Bonchev–Trinajstić information content (AvgIpc) is 3.05. The molecule has 0 amide bonds. The van der Waals surface area contributed by atoms with Crippen LogP contribution in [0.25, 0.3) is 0 Å². The van der Waals surface area contributed by atoms with Gasteiger partial charge in [0, 0.05) is 12.7 Å². The van der Waals surface area contributed by atoms with E-state index >= 15 is 0 Å². The maximum absolute atomic E-state index is 5.78. The molecule has 22 heavy (non-hydrogen) atoms. The largest absolute Gasteiger partial charge is 0.458 e. The van der Waals surface area contributed by atoms with Crippen molar-refractivity contribution >= 4 is 49.7 Å². The zero-order valence-electron chi connectivity index (χ0n) is 12.3. The number of hydrogen-bond donors (Lipinski definition) is 0. The van der Waals surface area contributed by atoms with E-state index in [2.05, 4.69) is 53.0 Å². The van der Waals surface area contributed by atoms with Crippen molar-refractivity contribution in [2.75, 3.05) is 0 Å². The maximum Gasteiger partial charge on any atom is 0.165 e. The first kappa shape index (κ1) is 16.1. The van der Waals surface area contributed by atoms with Gasteiger partial charge >= 0.3 is 0 Å². The molecule has 1 nitrogen and oxygen atoms in total. The molecule has 1 aliphatic heterocycles. The normalized spacial score (nSPS) is 13.8. The first-order valence-electron chi connectivity index (χ1n) is 7.25. The molecule has 0 aromatic heterocycles. The van der Waals surface area contributed by atoms with Crippen LogP contribution in [0.4, 0.5) is 0 Å². The minimum atomic E-state index is -0.107. The smallest absolute Gasteiger partial charge is 0.165 e. The summed E-state index contributed by atoms with van der Waals surface area (Å²) in [7, 11) is 0. The molecule has 0 aliphatic carbocycles. The van der Waals surface area contributed by atoms with Gasteiger partial charge < -0.3 is 4.74 Å². The molecule has 0 saturated heterocycles. The molecule has 0 unspecified atom stereocenters. The van der Waals surface area contributed by atoms with Crippen LogP contribution in [0.3, 0.4) is 0 Å². The number of rotatable bonds is 6. The predicted molar refractivity (Wildman–Crippen MR) is 113 cm³/mol. The van der Waals surface area contributed by atoms with E-state index in [0.717, 1.165) is 12.8 Å². The van der Waals surface area contributed by atoms with Crippen LogP contribution in [-0.2, 0) is 11.2 Å². The summed E-state index contributed by atoms with van der Waals surface area (Å²) in [5, 5.41) is 0. The lowest BCUT2D eigenvalue weighted by Gasteiger charge is -2.01. The van der Waals surface area contributed by atoms with Crippen LogP contribution >= 0.6 is 41.5 Å². The molecular formula is C19H18I2O. The van der Waals surface area contributed by atoms with Gasteiger partial charge in [-0.1, -0.05) is 67.7 Å². The van der Waals surface area contributed by atoms with Gasteiger partial charge in [-0.25, -0.2) is 0 Å². The van der Waals surface area contributed by atoms with E-state index in [4.69, 9.17) is 4.74 Å². The molecule has 0 atom stereocenters. The van der Waals surface area contributed by atoms with Crippen molar-refractivity contribution in [2.45, 2.75) is 19.3 Å². The van der Waals surface area contributed by atoms with Crippen molar-refractivity contribution in [1.29, 1.82) is 0 Å². The van der Waals surface area contributed by atoms with Crippen molar-refractivity contribution in [2.24, 2.45) is 0 Å². The molecule has 0 fully saturated rings. The Bertz CT molecular complexity index is 700. The molecule has 3 heteroatoms. The summed E-state index contributed by atoms with van der Waals surface area (Å²) in [5.41, 5.74) is 2.68. The molecule has 3 rings (SSSR count). The molecule has 0 radical (unpaired) electrons. The van der Waals surface area contributed by atoms with E-state index in [1.807, 2.05) is 12.3 Å². The number of allylic oxidation sites excluding steroid dienone is 1. The number of hydrogen-bond acceptors (Lipinski definition) is 1. The van der Waals surface area contributed by atoms with E-state index in [1.54, 1.807) is 0 Å². The highest BCUT2D eigenvalue weighted by Gasteiger charge is 2.11. The Hall–Kier alpha value is -0.820. The molecule has 1 aliphatic rings. The van der Waals surface area contributed by atoms with Crippen LogP contribution in [0.5, 0.6) is 0 Å². The monoisotopic (exact) mass is 516 g/mol. The summed E-state index contributed by atoms with van der Waals surface area (Å²) in [6, 6.07) is 19.5. The van der Waals surface area contributed by atoms with Crippen LogP contribution in [0, 0.1) is 3.57 Å². The van der Waals surface area contributed by atoms with Gasteiger partial charge in [0.1, 0.15) is 6.26 Å². The standard InChI is InChI=1S/C19H18I2O/c1-20-17-12-10-15(11-13-17)6-5-9-18-14-22-19(21-18)16-7-3-2-4-8-16/h2-4,7-8,10-14H,1,5-6,9H2. The second kappa shape index (κ2) is 8.15. The van der Waals surface area contributed by atoms with Gasteiger partial charge in [0.15, 0.2) is 3.69 Å². The zero-order valence-corrected chi connectivity index (χ0v) is 16.6. The van der Waals surface area contributed by atoms with E-state index in [1.165, 1.54) is 28.4 Å². The van der Waals surface area contributed by atoms with Crippen molar-refractivity contribution in [1.82, 2.24) is 0 Å². The molecule has 2 aromatic rings. The molecule has 0 spiro atoms. The Labute approximate surface area is 151 Å². The average molecular weight is 516 g/mol. The number of halogens is 2. The highest BCUT2D eigenvalue weighted by molar-refractivity contribution is 14.2. The third kappa shape index (κ3) is 4.35. The van der Waals surface area contributed by atoms with E-state index < -0.39 is 0 Å².